The minimum Gasteiger partial charge on any atom is -0.497 e. The van der Waals surface area contributed by atoms with Crippen LogP contribution in [0.5, 0.6) is 11.5 Å². The van der Waals surface area contributed by atoms with E-state index in [4.69, 9.17) is 15.2 Å². The third kappa shape index (κ3) is 2.89. The highest BCUT2D eigenvalue weighted by molar-refractivity contribution is 9.10. The lowest BCUT2D eigenvalue weighted by Crippen LogP contribution is -2.06. The predicted octanol–water partition coefficient (Wildman–Crippen LogP) is 2.92. The van der Waals surface area contributed by atoms with E-state index in [1.807, 2.05) is 12.1 Å². The van der Waals surface area contributed by atoms with Gasteiger partial charge in [0.25, 0.3) is 0 Å². The van der Waals surface area contributed by atoms with Crippen molar-refractivity contribution >= 4 is 15.9 Å². The van der Waals surface area contributed by atoms with Crippen LogP contribution in [0.4, 0.5) is 0 Å². The van der Waals surface area contributed by atoms with E-state index in [2.05, 4.69) is 22.9 Å². The van der Waals surface area contributed by atoms with Crippen molar-refractivity contribution in [3.05, 3.63) is 22.2 Å². The van der Waals surface area contributed by atoms with Crippen LogP contribution in [0.25, 0.3) is 0 Å². The highest BCUT2D eigenvalue weighted by Crippen LogP contribution is 2.38. The molecule has 1 unspecified atom stereocenters. The number of hydrogen-bond acceptors (Lipinski definition) is 3. The van der Waals surface area contributed by atoms with Gasteiger partial charge in [-0.25, -0.2) is 0 Å². The van der Waals surface area contributed by atoms with Gasteiger partial charge in [-0.2, -0.15) is 0 Å². The zero-order valence-electron chi connectivity index (χ0n) is 9.92. The number of ether oxygens (including phenoxy) is 2. The van der Waals surface area contributed by atoms with Crippen molar-refractivity contribution in [2.75, 3.05) is 20.8 Å². The molecular formula is C12H18BrNO2. The number of benzene rings is 1. The van der Waals surface area contributed by atoms with Crippen molar-refractivity contribution in [1.29, 1.82) is 0 Å². The zero-order valence-corrected chi connectivity index (χ0v) is 11.5. The lowest BCUT2D eigenvalue weighted by atomic mass is 9.96. The molecular weight excluding hydrogens is 270 g/mol. The molecule has 0 saturated heterocycles. The molecule has 0 bridgehead atoms. The van der Waals surface area contributed by atoms with E-state index in [9.17, 15) is 0 Å². The van der Waals surface area contributed by atoms with E-state index < -0.39 is 0 Å². The van der Waals surface area contributed by atoms with Crippen molar-refractivity contribution in [3.8, 4) is 11.5 Å². The first-order chi connectivity index (χ1) is 7.63. The van der Waals surface area contributed by atoms with Crippen LogP contribution in [0.15, 0.2) is 16.6 Å². The number of rotatable bonds is 5. The predicted molar refractivity (Wildman–Crippen MR) is 69.3 cm³/mol. The van der Waals surface area contributed by atoms with E-state index in [1.165, 1.54) is 0 Å². The van der Waals surface area contributed by atoms with Crippen LogP contribution in [-0.4, -0.2) is 20.8 Å². The first kappa shape index (κ1) is 13.3. The summed E-state index contributed by atoms with van der Waals surface area (Å²) in [5, 5.41) is 0. The fourth-order valence-corrected chi connectivity index (χ4v) is 2.54. The molecule has 0 amide bonds. The summed E-state index contributed by atoms with van der Waals surface area (Å²) in [5.74, 6) is 1.99. The SMILES string of the molecule is COc1cc(Br)c(C(C)CCN)c(OC)c1. The summed E-state index contributed by atoms with van der Waals surface area (Å²) in [6, 6.07) is 3.85. The minimum absolute atomic E-state index is 0.361. The minimum atomic E-state index is 0.361. The van der Waals surface area contributed by atoms with Crippen LogP contribution in [0.2, 0.25) is 0 Å². The Morgan fingerprint density at radius 1 is 1.31 bits per heavy atom. The van der Waals surface area contributed by atoms with Crippen molar-refractivity contribution in [1.82, 2.24) is 0 Å². The smallest absolute Gasteiger partial charge is 0.127 e. The Balaban J connectivity index is 3.15. The Hall–Kier alpha value is -0.740. The molecule has 0 saturated carbocycles. The number of halogens is 1. The summed E-state index contributed by atoms with van der Waals surface area (Å²) in [6.45, 7) is 2.81. The highest BCUT2D eigenvalue weighted by Gasteiger charge is 2.16. The topological polar surface area (TPSA) is 44.5 Å². The molecule has 0 radical (unpaired) electrons. The Labute approximate surface area is 105 Å². The third-order valence-electron chi connectivity index (χ3n) is 2.61. The molecule has 1 aromatic carbocycles. The molecule has 0 spiro atoms. The molecule has 0 aliphatic rings. The monoisotopic (exact) mass is 287 g/mol. The van der Waals surface area contributed by atoms with Crippen molar-refractivity contribution in [2.45, 2.75) is 19.3 Å². The average Bonchev–Trinajstić information content (AvgIpc) is 2.27. The molecule has 2 N–H and O–H groups in total. The molecule has 0 heterocycles. The number of methoxy groups -OCH3 is 2. The van der Waals surface area contributed by atoms with Gasteiger partial charge in [0.2, 0.25) is 0 Å². The fourth-order valence-electron chi connectivity index (χ4n) is 1.73. The van der Waals surface area contributed by atoms with Crippen molar-refractivity contribution in [2.24, 2.45) is 5.73 Å². The van der Waals surface area contributed by atoms with E-state index in [1.54, 1.807) is 14.2 Å². The van der Waals surface area contributed by atoms with Gasteiger partial charge in [-0.05, 0) is 24.9 Å². The van der Waals surface area contributed by atoms with Gasteiger partial charge in [0.15, 0.2) is 0 Å². The average molecular weight is 288 g/mol. The van der Waals surface area contributed by atoms with Crippen LogP contribution in [0.1, 0.15) is 24.8 Å². The standard InChI is InChI=1S/C12H18BrNO2/c1-8(4-5-14)12-10(13)6-9(15-2)7-11(12)16-3/h6-8H,4-5,14H2,1-3H3. The van der Waals surface area contributed by atoms with Crippen LogP contribution in [0.3, 0.4) is 0 Å². The van der Waals surface area contributed by atoms with E-state index in [-0.39, 0.29) is 0 Å². The molecule has 0 aromatic heterocycles. The van der Waals surface area contributed by atoms with Crippen LogP contribution >= 0.6 is 15.9 Å². The fraction of sp³-hybridized carbons (Fsp3) is 0.500. The number of nitrogens with two attached hydrogens (primary N) is 1. The first-order valence-corrected chi connectivity index (χ1v) is 6.04. The molecule has 1 atom stereocenters. The maximum absolute atomic E-state index is 5.58. The maximum Gasteiger partial charge on any atom is 0.127 e. The van der Waals surface area contributed by atoms with E-state index >= 15 is 0 Å². The van der Waals surface area contributed by atoms with Crippen molar-refractivity contribution < 1.29 is 9.47 Å². The molecule has 1 rings (SSSR count). The first-order valence-electron chi connectivity index (χ1n) is 5.25. The second-order valence-corrected chi connectivity index (χ2v) is 4.56. The molecule has 1 aromatic rings. The van der Waals surface area contributed by atoms with E-state index in [0.717, 1.165) is 28.0 Å². The van der Waals surface area contributed by atoms with Crippen molar-refractivity contribution in [3.63, 3.8) is 0 Å². The second kappa shape index (κ2) is 6.11. The quantitative estimate of drug-likeness (QED) is 0.906. The van der Waals surface area contributed by atoms with Gasteiger partial charge in [0, 0.05) is 16.1 Å². The van der Waals surface area contributed by atoms with Crippen LogP contribution in [-0.2, 0) is 0 Å². The molecule has 16 heavy (non-hydrogen) atoms. The summed E-state index contributed by atoms with van der Waals surface area (Å²) >= 11 is 3.55. The van der Waals surface area contributed by atoms with Gasteiger partial charge in [0.1, 0.15) is 11.5 Å². The van der Waals surface area contributed by atoms with Gasteiger partial charge in [-0.1, -0.05) is 22.9 Å². The Bertz CT molecular complexity index is 355. The molecule has 0 aliphatic carbocycles. The molecule has 90 valence electrons. The highest BCUT2D eigenvalue weighted by atomic mass is 79.9. The zero-order chi connectivity index (χ0) is 12.1. The lowest BCUT2D eigenvalue weighted by Gasteiger charge is -2.18. The number of hydrogen-bond donors (Lipinski definition) is 1. The molecule has 0 aliphatic heterocycles. The lowest BCUT2D eigenvalue weighted by molar-refractivity contribution is 0.387. The Morgan fingerprint density at radius 2 is 2.00 bits per heavy atom. The van der Waals surface area contributed by atoms with Gasteiger partial charge in [-0.15, -0.1) is 0 Å². The summed E-state index contributed by atoms with van der Waals surface area (Å²) in [5.41, 5.74) is 6.73. The Kier molecular flexibility index (Phi) is 5.09. The molecule has 3 nitrogen and oxygen atoms in total. The van der Waals surface area contributed by atoms with Crippen LogP contribution in [0, 0.1) is 0 Å². The molecule has 4 heteroatoms. The van der Waals surface area contributed by atoms with Gasteiger partial charge >= 0.3 is 0 Å². The maximum atomic E-state index is 5.58. The third-order valence-corrected chi connectivity index (χ3v) is 3.27. The Morgan fingerprint density at radius 3 is 2.50 bits per heavy atom. The summed E-state index contributed by atoms with van der Waals surface area (Å²) in [6.07, 6.45) is 0.932. The van der Waals surface area contributed by atoms with E-state index in [0.29, 0.717) is 12.5 Å². The van der Waals surface area contributed by atoms with Gasteiger partial charge in [0.05, 0.1) is 14.2 Å². The summed E-state index contributed by atoms with van der Waals surface area (Å²) in [4.78, 5) is 0. The van der Waals surface area contributed by atoms with Gasteiger partial charge < -0.3 is 15.2 Å². The van der Waals surface area contributed by atoms with Gasteiger partial charge in [-0.3, -0.25) is 0 Å². The second-order valence-electron chi connectivity index (χ2n) is 3.70. The summed E-state index contributed by atoms with van der Waals surface area (Å²) < 4.78 is 11.6. The largest absolute Gasteiger partial charge is 0.497 e. The normalized spacial score (nSPS) is 12.3. The van der Waals surface area contributed by atoms with Crippen LogP contribution < -0.4 is 15.2 Å². The molecule has 0 fully saturated rings. The summed E-state index contributed by atoms with van der Waals surface area (Å²) in [7, 11) is 3.31.